The molecule has 0 atom stereocenters. The molecule has 4 aromatic rings. The van der Waals surface area contributed by atoms with Crippen molar-refractivity contribution >= 4 is 39.9 Å². The van der Waals surface area contributed by atoms with Crippen molar-refractivity contribution in [2.24, 2.45) is 0 Å². The van der Waals surface area contributed by atoms with Crippen LogP contribution in [-0.2, 0) is 19.1 Å². The summed E-state index contributed by atoms with van der Waals surface area (Å²) in [6.45, 7) is 3.42. The average molecular weight is 511 g/mol. The molecule has 0 aliphatic carbocycles. The maximum absolute atomic E-state index is 12.3. The number of carbonyl (C=O) groups is 3. The normalized spacial score (nSPS) is 10.6. The molecule has 0 aliphatic rings. The number of ether oxygens (including phenoxy) is 2. The first-order valence-corrected chi connectivity index (χ1v) is 12.5. The first-order chi connectivity index (χ1) is 18.4. The van der Waals surface area contributed by atoms with Gasteiger partial charge in [-0.25, -0.2) is 0 Å². The van der Waals surface area contributed by atoms with E-state index in [1.54, 1.807) is 24.3 Å². The Morgan fingerprint density at radius 2 is 1.39 bits per heavy atom. The second-order valence-electron chi connectivity index (χ2n) is 8.98. The molecule has 0 fully saturated rings. The number of nitrogens with one attached hydrogen (secondary N) is 2. The lowest BCUT2D eigenvalue weighted by Crippen LogP contribution is -2.22. The molecule has 0 heterocycles. The Hall–Kier alpha value is -4.65. The lowest BCUT2D eigenvalue weighted by Gasteiger charge is -2.11. The minimum absolute atomic E-state index is 0.0436. The molecule has 2 N–H and O–H groups in total. The summed E-state index contributed by atoms with van der Waals surface area (Å²) in [5, 5.41) is 7.70. The number of benzene rings is 4. The molecule has 0 bridgehead atoms. The molecule has 0 saturated heterocycles. The van der Waals surface area contributed by atoms with Crippen LogP contribution in [0.2, 0.25) is 0 Å². The Morgan fingerprint density at radius 1 is 0.711 bits per heavy atom. The minimum Gasteiger partial charge on any atom is -0.457 e. The summed E-state index contributed by atoms with van der Waals surface area (Å²) in [7, 11) is 0. The van der Waals surface area contributed by atoms with Crippen molar-refractivity contribution in [3.63, 3.8) is 0 Å². The van der Waals surface area contributed by atoms with Crippen molar-refractivity contribution in [3.8, 4) is 11.5 Å². The Kier molecular flexibility index (Phi) is 8.72. The second-order valence-corrected chi connectivity index (χ2v) is 8.98. The largest absolute Gasteiger partial charge is 0.457 e. The van der Waals surface area contributed by atoms with Gasteiger partial charge in [-0.1, -0.05) is 54.6 Å². The molecule has 0 aliphatic heterocycles. The third kappa shape index (κ3) is 7.20. The van der Waals surface area contributed by atoms with Crippen LogP contribution in [0.1, 0.15) is 30.4 Å². The zero-order valence-corrected chi connectivity index (χ0v) is 21.5. The number of rotatable bonds is 10. The fourth-order valence-corrected chi connectivity index (χ4v) is 4.04. The fourth-order valence-electron chi connectivity index (χ4n) is 4.04. The number of anilines is 2. The Morgan fingerprint density at radius 3 is 2.16 bits per heavy atom. The van der Waals surface area contributed by atoms with Crippen LogP contribution in [0.5, 0.6) is 11.5 Å². The third-order valence-electron chi connectivity index (χ3n) is 6.01. The van der Waals surface area contributed by atoms with Gasteiger partial charge in [-0.2, -0.15) is 0 Å². The Bertz CT molecular complexity index is 1420. The standard InChI is InChI=1S/C31H30N2O5/c1-21-8-5-9-22(2)31(21)33-29(35)20-37-30(36)15-7-14-28(34)32-24-16-18-25(19-17-24)38-27-13-6-11-23-10-3-4-12-26(23)27/h3-6,8-13,16-19H,7,14-15,20H2,1-2H3,(H,32,34)(H,33,35). The molecule has 0 radical (unpaired) electrons. The van der Waals surface area contributed by atoms with E-state index < -0.39 is 11.9 Å². The molecule has 4 aromatic carbocycles. The van der Waals surface area contributed by atoms with Crippen molar-refractivity contribution in [2.75, 3.05) is 17.2 Å². The molecule has 0 spiro atoms. The number of carbonyl (C=O) groups excluding carboxylic acids is 3. The molecule has 4 rings (SSSR count). The van der Waals surface area contributed by atoms with E-state index in [2.05, 4.69) is 10.6 Å². The first kappa shape index (κ1) is 26.4. The third-order valence-corrected chi connectivity index (χ3v) is 6.01. The van der Waals surface area contributed by atoms with Crippen LogP contribution in [0.25, 0.3) is 10.8 Å². The highest BCUT2D eigenvalue weighted by molar-refractivity contribution is 5.94. The quantitative estimate of drug-likeness (QED) is 0.236. The SMILES string of the molecule is Cc1cccc(C)c1NC(=O)COC(=O)CCCC(=O)Nc1ccc(Oc2cccc3ccccc23)cc1. The van der Waals surface area contributed by atoms with E-state index in [0.29, 0.717) is 17.9 Å². The van der Waals surface area contributed by atoms with Crippen molar-refractivity contribution < 1.29 is 23.9 Å². The second kappa shape index (κ2) is 12.5. The summed E-state index contributed by atoms with van der Waals surface area (Å²) in [6.07, 6.45) is 0.505. The van der Waals surface area contributed by atoms with Crippen molar-refractivity contribution in [1.29, 1.82) is 0 Å². The lowest BCUT2D eigenvalue weighted by atomic mass is 10.1. The van der Waals surface area contributed by atoms with Gasteiger partial charge < -0.3 is 20.1 Å². The number of hydrogen-bond donors (Lipinski definition) is 2. The van der Waals surface area contributed by atoms with Gasteiger partial charge in [0.05, 0.1) is 0 Å². The van der Waals surface area contributed by atoms with E-state index in [1.165, 1.54) is 0 Å². The Labute approximate surface area is 221 Å². The van der Waals surface area contributed by atoms with Crippen LogP contribution in [0.3, 0.4) is 0 Å². The molecule has 38 heavy (non-hydrogen) atoms. The molecule has 2 amide bonds. The van der Waals surface area contributed by atoms with Crippen LogP contribution in [0, 0.1) is 13.8 Å². The molecule has 0 unspecified atom stereocenters. The van der Waals surface area contributed by atoms with Gasteiger partial charge in [-0.05, 0) is 67.1 Å². The van der Waals surface area contributed by atoms with Crippen molar-refractivity contribution in [2.45, 2.75) is 33.1 Å². The summed E-state index contributed by atoms with van der Waals surface area (Å²) in [5.41, 5.74) is 3.22. The number of hydrogen-bond acceptors (Lipinski definition) is 5. The summed E-state index contributed by atoms with van der Waals surface area (Å²) in [6, 6.07) is 26.7. The van der Waals surface area contributed by atoms with E-state index in [-0.39, 0.29) is 25.4 Å². The van der Waals surface area contributed by atoms with E-state index in [9.17, 15) is 14.4 Å². The van der Waals surface area contributed by atoms with E-state index >= 15 is 0 Å². The Balaban J connectivity index is 1.17. The van der Waals surface area contributed by atoms with Crippen LogP contribution >= 0.6 is 0 Å². The average Bonchev–Trinajstić information content (AvgIpc) is 2.91. The molecule has 0 saturated carbocycles. The molecular weight excluding hydrogens is 480 g/mol. The number of para-hydroxylation sites is 1. The van der Waals surface area contributed by atoms with Gasteiger partial charge in [-0.15, -0.1) is 0 Å². The highest BCUT2D eigenvalue weighted by Gasteiger charge is 2.12. The van der Waals surface area contributed by atoms with E-state index in [0.717, 1.165) is 33.3 Å². The zero-order chi connectivity index (χ0) is 26.9. The van der Waals surface area contributed by atoms with Crippen LogP contribution < -0.4 is 15.4 Å². The molecule has 7 heteroatoms. The first-order valence-electron chi connectivity index (χ1n) is 12.5. The van der Waals surface area contributed by atoms with Crippen LogP contribution in [0.15, 0.2) is 84.9 Å². The fraction of sp³-hybridized carbons (Fsp3) is 0.194. The van der Waals surface area contributed by atoms with Crippen LogP contribution in [-0.4, -0.2) is 24.4 Å². The predicted molar refractivity (Wildman–Crippen MR) is 148 cm³/mol. The van der Waals surface area contributed by atoms with Gasteiger partial charge in [0.1, 0.15) is 11.5 Å². The van der Waals surface area contributed by atoms with Crippen molar-refractivity contribution in [3.05, 3.63) is 96.1 Å². The smallest absolute Gasteiger partial charge is 0.306 e. The number of esters is 1. The van der Waals surface area contributed by atoms with Gasteiger partial charge >= 0.3 is 5.97 Å². The monoisotopic (exact) mass is 510 g/mol. The number of fused-ring (bicyclic) bond motifs is 1. The van der Waals surface area contributed by atoms with E-state index in [4.69, 9.17) is 9.47 Å². The van der Waals surface area contributed by atoms with E-state index in [1.807, 2.05) is 74.5 Å². The molecular formula is C31H30N2O5. The minimum atomic E-state index is -0.524. The highest BCUT2D eigenvalue weighted by Crippen LogP contribution is 2.30. The maximum atomic E-state index is 12.3. The number of aryl methyl sites for hydroxylation is 2. The summed E-state index contributed by atoms with van der Waals surface area (Å²) in [4.78, 5) is 36.4. The van der Waals surface area contributed by atoms with Gasteiger partial charge in [0.25, 0.3) is 5.91 Å². The molecule has 194 valence electrons. The lowest BCUT2D eigenvalue weighted by molar-refractivity contribution is -0.147. The van der Waals surface area contributed by atoms with Gasteiger partial charge in [0.15, 0.2) is 6.61 Å². The van der Waals surface area contributed by atoms with Gasteiger partial charge in [0, 0.05) is 29.6 Å². The highest BCUT2D eigenvalue weighted by atomic mass is 16.5. The molecule has 0 aromatic heterocycles. The summed E-state index contributed by atoms with van der Waals surface area (Å²) in [5.74, 6) is 0.275. The predicted octanol–water partition coefficient (Wildman–Crippen LogP) is 6.54. The number of amides is 2. The van der Waals surface area contributed by atoms with Gasteiger partial charge in [-0.3, -0.25) is 14.4 Å². The molecule has 7 nitrogen and oxygen atoms in total. The summed E-state index contributed by atoms with van der Waals surface area (Å²) >= 11 is 0. The van der Waals surface area contributed by atoms with Crippen molar-refractivity contribution in [1.82, 2.24) is 0 Å². The van der Waals surface area contributed by atoms with Crippen LogP contribution in [0.4, 0.5) is 11.4 Å². The zero-order valence-electron chi connectivity index (χ0n) is 21.5. The summed E-state index contributed by atoms with van der Waals surface area (Å²) < 4.78 is 11.1. The topological polar surface area (TPSA) is 93.7 Å². The van der Waals surface area contributed by atoms with Gasteiger partial charge in [0.2, 0.25) is 5.91 Å². The maximum Gasteiger partial charge on any atom is 0.306 e.